The molecule has 1 rings (SSSR count). The fraction of sp³-hybridized carbons (Fsp3) is 0.500. The van der Waals surface area contributed by atoms with Crippen LogP contribution in [0.3, 0.4) is 0 Å². The summed E-state index contributed by atoms with van der Waals surface area (Å²) in [5.74, 6) is 0.506. The van der Waals surface area contributed by atoms with Crippen LogP contribution in [-0.2, 0) is 16.3 Å². The molecule has 2 N–H and O–H groups in total. The highest BCUT2D eigenvalue weighted by Crippen LogP contribution is 2.03. The molecule has 0 aliphatic rings. The van der Waals surface area contributed by atoms with Crippen LogP contribution in [0.4, 0.5) is 4.39 Å². The Balaban J connectivity index is 0.00000441. The minimum atomic E-state index is -2.98. The van der Waals surface area contributed by atoms with Gasteiger partial charge in [0.05, 0.1) is 5.75 Å². The molecule has 0 aromatic heterocycles. The lowest BCUT2D eigenvalue weighted by molar-refractivity contribution is 0.595. The monoisotopic (exact) mass is 443 g/mol. The summed E-state index contributed by atoms with van der Waals surface area (Å²) in [7, 11) is -1.36. The van der Waals surface area contributed by atoms with Gasteiger partial charge in [-0.05, 0) is 24.1 Å². The third kappa shape index (κ3) is 8.52. The zero-order valence-electron chi connectivity index (χ0n) is 12.8. The lowest BCUT2D eigenvalue weighted by Gasteiger charge is -2.11. The van der Waals surface area contributed by atoms with Crippen LogP contribution >= 0.6 is 24.0 Å². The first-order valence-electron chi connectivity index (χ1n) is 6.86. The van der Waals surface area contributed by atoms with Gasteiger partial charge in [0.1, 0.15) is 5.82 Å². The van der Waals surface area contributed by atoms with Gasteiger partial charge < -0.3 is 10.6 Å². The number of nitrogens with one attached hydrogen (secondary N) is 2. The maximum Gasteiger partial charge on any atom is 0.191 e. The first-order chi connectivity index (χ1) is 9.96. The van der Waals surface area contributed by atoms with Crippen molar-refractivity contribution in [3.63, 3.8) is 0 Å². The number of hydrogen-bond donors (Lipinski definition) is 2. The van der Waals surface area contributed by atoms with Crippen LogP contribution in [0.15, 0.2) is 29.3 Å². The zero-order valence-corrected chi connectivity index (χ0v) is 15.9. The van der Waals surface area contributed by atoms with Crippen LogP contribution in [0.25, 0.3) is 0 Å². The highest BCUT2D eigenvalue weighted by atomic mass is 127. The van der Waals surface area contributed by atoms with Crippen molar-refractivity contribution in [2.75, 3.05) is 31.6 Å². The number of aliphatic imine (C=N–C) groups is 1. The molecule has 1 aromatic rings. The molecule has 22 heavy (non-hydrogen) atoms. The molecule has 5 nitrogen and oxygen atoms in total. The molecule has 1 aromatic carbocycles. The minimum Gasteiger partial charge on any atom is -0.356 e. The second kappa shape index (κ2) is 10.8. The van der Waals surface area contributed by atoms with E-state index in [0.717, 1.165) is 5.56 Å². The lowest BCUT2D eigenvalue weighted by atomic mass is 10.1. The molecule has 0 heterocycles. The maximum absolute atomic E-state index is 13.0. The van der Waals surface area contributed by atoms with E-state index in [4.69, 9.17) is 0 Å². The number of sulfone groups is 1. The van der Waals surface area contributed by atoms with E-state index in [1.165, 1.54) is 12.1 Å². The predicted octanol–water partition coefficient (Wildman–Crippen LogP) is 1.59. The van der Waals surface area contributed by atoms with E-state index in [-0.39, 0.29) is 41.3 Å². The Kier molecular flexibility index (Phi) is 10.3. The summed E-state index contributed by atoms with van der Waals surface area (Å²) in [5.41, 5.74) is 0.895. The molecule has 0 atom stereocenters. The number of benzene rings is 1. The van der Waals surface area contributed by atoms with Gasteiger partial charge in [0.15, 0.2) is 15.8 Å². The molecule has 0 amide bonds. The smallest absolute Gasteiger partial charge is 0.191 e. The van der Waals surface area contributed by atoms with Gasteiger partial charge >= 0.3 is 0 Å². The molecule has 126 valence electrons. The second-order valence-electron chi connectivity index (χ2n) is 4.54. The highest BCUT2D eigenvalue weighted by molar-refractivity contribution is 14.0. The molecule has 0 radical (unpaired) electrons. The van der Waals surface area contributed by atoms with Crippen molar-refractivity contribution >= 4 is 39.8 Å². The number of guanidine groups is 1. The number of halogens is 2. The second-order valence-corrected chi connectivity index (χ2v) is 7.01. The van der Waals surface area contributed by atoms with Crippen molar-refractivity contribution in [2.24, 2.45) is 4.99 Å². The number of rotatable bonds is 7. The molecule has 0 bridgehead atoms. The normalized spacial score (nSPS) is 11.7. The zero-order chi connectivity index (χ0) is 15.7. The summed E-state index contributed by atoms with van der Waals surface area (Å²) in [6.45, 7) is 2.53. The van der Waals surface area contributed by atoms with Gasteiger partial charge in [-0.2, -0.15) is 0 Å². The molecule has 0 saturated heterocycles. The Morgan fingerprint density at radius 3 is 2.55 bits per heavy atom. The third-order valence-corrected chi connectivity index (χ3v) is 4.67. The van der Waals surface area contributed by atoms with Crippen molar-refractivity contribution in [3.8, 4) is 0 Å². The van der Waals surface area contributed by atoms with Gasteiger partial charge in [-0.1, -0.05) is 19.1 Å². The molecular formula is C14H23FIN3O2S. The van der Waals surface area contributed by atoms with Gasteiger partial charge in [-0.3, -0.25) is 4.99 Å². The summed E-state index contributed by atoms with van der Waals surface area (Å²) in [4.78, 5) is 4.01. The topological polar surface area (TPSA) is 70.6 Å². The van der Waals surface area contributed by atoms with E-state index < -0.39 is 9.84 Å². The van der Waals surface area contributed by atoms with Crippen molar-refractivity contribution in [3.05, 3.63) is 35.6 Å². The molecule has 0 fully saturated rings. The molecule has 0 aliphatic carbocycles. The molecular weight excluding hydrogens is 420 g/mol. The van der Waals surface area contributed by atoms with Crippen LogP contribution in [0.2, 0.25) is 0 Å². The van der Waals surface area contributed by atoms with Crippen molar-refractivity contribution < 1.29 is 12.8 Å². The molecule has 0 aliphatic heterocycles. The first kappa shape index (κ1) is 21.1. The van der Waals surface area contributed by atoms with Crippen LogP contribution in [0.5, 0.6) is 0 Å². The Labute approximate surface area is 148 Å². The van der Waals surface area contributed by atoms with Crippen LogP contribution < -0.4 is 10.6 Å². The van der Waals surface area contributed by atoms with Crippen LogP contribution in [0.1, 0.15) is 12.5 Å². The first-order valence-corrected chi connectivity index (χ1v) is 8.68. The average molecular weight is 443 g/mol. The standard InChI is InChI=1S/C14H22FN3O2S.HI/c1-3-21(19,20)10-9-18-14(16-2)17-8-7-12-5-4-6-13(15)11-12;/h4-6,11H,3,7-10H2,1-2H3,(H2,16,17,18);1H. The summed E-state index contributed by atoms with van der Waals surface area (Å²) in [5, 5.41) is 6.01. The summed E-state index contributed by atoms with van der Waals surface area (Å²) in [6, 6.07) is 6.43. The lowest BCUT2D eigenvalue weighted by Crippen LogP contribution is -2.40. The van der Waals surface area contributed by atoms with E-state index in [9.17, 15) is 12.8 Å². The van der Waals surface area contributed by atoms with Gasteiger partial charge in [0.25, 0.3) is 0 Å². The quantitative estimate of drug-likeness (QED) is 0.382. The van der Waals surface area contributed by atoms with E-state index in [0.29, 0.717) is 25.5 Å². The Morgan fingerprint density at radius 1 is 1.27 bits per heavy atom. The van der Waals surface area contributed by atoms with Crippen LogP contribution in [-0.4, -0.2) is 46.0 Å². The van der Waals surface area contributed by atoms with Crippen molar-refractivity contribution in [2.45, 2.75) is 13.3 Å². The van der Waals surface area contributed by atoms with E-state index in [1.807, 2.05) is 6.07 Å². The van der Waals surface area contributed by atoms with Crippen LogP contribution in [0, 0.1) is 5.82 Å². The van der Waals surface area contributed by atoms with Gasteiger partial charge in [0, 0.05) is 25.9 Å². The average Bonchev–Trinajstić information content (AvgIpc) is 2.45. The molecule has 0 unspecified atom stereocenters. The predicted molar refractivity (Wildman–Crippen MR) is 99.2 cm³/mol. The van der Waals surface area contributed by atoms with E-state index >= 15 is 0 Å². The van der Waals surface area contributed by atoms with E-state index in [1.54, 1.807) is 20.0 Å². The largest absolute Gasteiger partial charge is 0.356 e. The molecule has 0 saturated carbocycles. The SMILES string of the molecule is CCS(=O)(=O)CCNC(=NC)NCCc1cccc(F)c1.I. The summed E-state index contributed by atoms with van der Waals surface area (Å²) >= 11 is 0. The van der Waals surface area contributed by atoms with Gasteiger partial charge in [0.2, 0.25) is 0 Å². The molecule has 8 heteroatoms. The number of hydrogen-bond acceptors (Lipinski definition) is 3. The van der Waals surface area contributed by atoms with Gasteiger partial charge in [-0.25, -0.2) is 12.8 Å². The highest BCUT2D eigenvalue weighted by Gasteiger charge is 2.07. The summed E-state index contributed by atoms with van der Waals surface area (Å²) < 4.78 is 35.7. The van der Waals surface area contributed by atoms with E-state index in [2.05, 4.69) is 15.6 Å². The fourth-order valence-electron chi connectivity index (χ4n) is 1.71. The fourth-order valence-corrected chi connectivity index (χ4v) is 2.41. The van der Waals surface area contributed by atoms with Gasteiger partial charge in [-0.15, -0.1) is 24.0 Å². The van der Waals surface area contributed by atoms with Crippen molar-refractivity contribution in [1.82, 2.24) is 10.6 Å². The van der Waals surface area contributed by atoms with Crippen molar-refractivity contribution in [1.29, 1.82) is 0 Å². The third-order valence-electron chi connectivity index (χ3n) is 2.96. The maximum atomic E-state index is 13.0. The Hall–Kier alpha value is -0.900. The minimum absolute atomic E-state index is 0. The Morgan fingerprint density at radius 2 is 1.95 bits per heavy atom. The summed E-state index contributed by atoms with van der Waals surface area (Å²) in [6.07, 6.45) is 0.658. The Bertz CT molecular complexity index is 579. The number of nitrogens with zero attached hydrogens (tertiary/aromatic N) is 1. The molecule has 0 spiro atoms.